The highest BCUT2D eigenvalue weighted by molar-refractivity contribution is 5.91. The summed E-state index contributed by atoms with van der Waals surface area (Å²) < 4.78 is 18.0. The van der Waals surface area contributed by atoms with Crippen LogP contribution < -0.4 is 10.1 Å². The maximum Gasteiger partial charge on any atom is 0.407 e. The molecule has 1 heterocycles. The quantitative estimate of drug-likeness (QED) is 0.375. The van der Waals surface area contributed by atoms with Crippen LogP contribution in [-0.2, 0) is 17.6 Å². The number of benzene rings is 3. The SMILES string of the molecule is CC(C)(C)OC(=O)NC1Cc2ccc(Oc3c(-c4ccccc4)oc4ccccc34)cc2C1. The summed E-state index contributed by atoms with van der Waals surface area (Å²) in [6, 6.07) is 24.0. The zero-order valence-corrected chi connectivity index (χ0v) is 19.1. The number of hydrogen-bond acceptors (Lipinski definition) is 4. The van der Waals surface area contributed by atoms with E-state index in [0.29, 0.717) is 11.5 Å². The van der Waals surface area contributed by atoms with E-state index in [4.69, 9.17) is 13.9 Å². The molecule has 1 aliphatic rings. The Hall–Kier alpha value is -3.73. The van der Waals surface area contributed by atoms with Gasteiger partial charge in [0.2, 0.25) is 0 Å². The first-order valence-electron chi connectivity index (χ1n) is 11.2. The van der Waals surface area contributed by atoms with E-state index in [0.717, 1.165) is 35.1 Å². The van der Waals surface area contributed by atoms with Gasteiger partial charge in [0.15, 0.2) is 11.5 Å². The number of furan rings is 1. The average molecular weight is 442 g/mol. The van der Waals surface area contributed by atoms with E-state index >= 15 is 0 Å². The van der Waals surface area contributed by atoms with Crippen LogP contribution in [0, 0.1) is 0 Å². The van der Waals surface area contributed by atoms with Crippen LogP contribution in [0.1, 0.15) is 31.9 Å². The predicted octanol–water partition coefficient (Wildman–Crippen LogP) is 6.88. The highest BCUT2D eigenvalue weighted by atomic mass is 16.6. The highest BCUT2D eigenvalue weighted by Crippen LogP contribution is 2.42. The molecule has 1 amide bonds. The summed E-state index contributed by atoms with van der Waals surface area (Å²) in [5.74, 6) is 2.16. The van der Waals surface area contributed by atoms with Gasteiger partial charge in [-0.1, -0.05) is 48.5 Å². The van der Waals surface area contributed by atoms with Crippen molar-refractivity contribution in [3.63, 3.8) is 0 Å². The molecule has 0 saturated carbocycles. The van der Waals surface area contributed by atoms with E-state index in [1.54, 1.807) is 0 Å². The molecule has 33 heavy (non-hydrogen) atoms. The molecule has 1 aliphatic carbocycles. The molecule has 1 atom stereocenters. The summed E-state index contributed by atoms with van der Waals surface area (Å²) in [4.78, 5) is 12.2. The summed E-state index contributed by atoms with van der Waals surface area (Å²) in [5, 5.41) is 3.92. The van der Waals surface area contributed by atoms with Gasteiger partial charge in [0, 0.05) is 11.6 Å². The van der Waals surface area contributed by atoms with Gasteiger partial charge in [0.1, 0.15) is 16.9 Å². The normalized spacial score (nSPS) is 15.3. The lowest BCUT2D eigenvalue weighted by Gasteiger charge is -2.21. The van der Waals surface area contributed by atoms with Gasteiger partial charge in [0.25, 0.3) is 0 Å². The Kier molecular flexibility index (Phi) is 5.33. The molecule has 5 rings (SSSR count). The van der Waals surface area contributed by atoms with Gasteiger partial charge in [0.05, 0.1) is 5.39 Å². The smallest absolute Gasteiger partial charge is 0.407 e. The van der Waals surface area contributed by atoms with E-state index < -0.39 is 5.60 Å². The molecule has 1 unspecified atom stereocenters. The van der Waals surface area contributed by atoms with Gasteiger partial charge >= 0.3 is 6.09 Å². The van der Waals surface area contributed by atoms with Crippen LogP contribution in [0.25, 0.3) is 22.3 Å². The molecule has 5 nitrogen and oxygen atoms in total. The van der Waals surface area contributed by atoms with Crippen LogP contribution in [0.3, 0.4) is 0 Å². The fourth-order valence-corrected chi connectivity index (χ4v) is 4.25. The van der Waals surface area contributed by atoms with E-state index in [9.17, 15) is 4.79 Å². The van der Waals surface area contributed by atoms with Gasteiger partial charge in [-0.2, -0.15) is 0 Å². The average Bonchev–Trinajstić information content (AvgIpc) is 3.33. The molecule has 3 aromatic carbocycles. The number of rotatable bonds is 4. The minimum absolute atomic E-state index is 0.0136. The van der Waals surface area contributed by atoms with E-state index in [2.05, 4.69) is 17.4 Å². The molecule has 4 aromatic rings. The number of alkyl carbamates (subject to hydrolysis) is 1. The highest BCUT2D eigenvalue weighted by Gasteiger charge is 2.26. The third-order valence-corrected chi connectivity index (χ3v) is 5.64. The van der Waals surface area contributed by atoms with Crippen LogP contribution in [0.2, 0.25) is 0 Å². The lowest BCUT2D eigenvalue weighted by molar-refractivity contribution is 0.0506. The summed E-state index contributed by atoms with van der Waals surface area (Å²) in [5.41, 5.74) is 3.62. The molecule has 0 saturated heterocycles. The zero-order chi connectivity index (χ0) is 23.0. The Balaban J connectivity index is 1.39. The first-order chi connectivity index (χ1) is 15.9. The molecule has 0 bridgehead atoms. The minimum Gasteiger partial charge on any atom is -0.453 e. The van der Waals surface area contributed by atoms with Crippen LogP contribution in [0.5, 0.6) is 11.5 Å². The number of fused-ring (bicyclic) bond motifs is 2. The van der Waals surface area contributed by atoms with Gasteiger partial charge in [-0.15, -0.1) is 0 Å². The van der Waals surface area contributed by atoms with Gasteiger partial charge in [-0.05, 0) is 69.0 Å². The number of nitrogens with one attached hydrogen (secondary N) is 1. The third kappa shape index (κ3) is 4.58. The lowest BCUT2D eigenvalue weighted by Crippen LogP contribution is -2.39. The topological polar surface area (TPSA) is 60.7 Å². The maximum atomic E-state index is 12.2. The van der Waals surface area contributed by atoms with E-state index in [1.807, 2.05) is 81.4 Å². The maximum absolute atomic E-state index is 12.2. The molecule has 168 valence electrons. The Morgan fingerprint density at radius 1 is 0.939 bits per heavy atom. The van der Waals surface area contributed by atoms with E-state index in [-0.39, 0.29) is 12.1 Å². The van der Waals surface area contributed by atoms with Crippen molar-refractivity contribution in [1.29, 1.82) is 0 Å². The van der Waals surface area contributed by atoms with Crippen molar-refractivity contribution in [1.82, 2.24) is 5.32 Å². The van der Waals surface area contributed by atoms with Crippen molar-refractivity contribution in [3.05, 3.63) is 83.9 Å². The number of ether oxygens (including phenoxy) is 2. The monoisotopic (exact) mass is 441 g/mol. The lowest BCUT2D eigenvalue weighted by atomic mass is 10.1. The molecule has 5 heteroatoms. The predicted molar refractivity (Wildman–Crippen MR) is 129 cm³/mol. The van der Waals surface area contributed by atoms with Crippen molar-refractivity contribution in [3.8, 4) is 22.8 Å². The number of carbonyl (C=O) groups is 1. The van der Waals surface area contributed by atoms with Crippen molar-refractivity contribution in [2.75, 3.05) is 0 Å². The summed E-state index contributed by atoms with van der Waals surface area (Å²) in [7, 11) is 0. The molecule has 1 N–H and O–H groups in total. The molecule has 1 aromatic heterocycles. The fraction of sp³-hybridized carbons (Fsp3) is 0.250. The summed E-state index contributed by atoms with van der Waals surface area (Å²) in [6.07, 6.45) is 1.14. The first-order valence-corrected chi connectivity index (χ1v) is 11.2. The van der Waals surface area contributed by atoms with Crippen molar-refractivity contribution >= 4 is 17.1 Å². The Morgan fingerprint density at radius 3 is 2.45 bits per heavy atom. The van der Waals surface area contributed by atoms with Crippen molar-refractivity contribution in [2.45, 2.75) is 45.3 Å². The summed E-state index contributed by atoms with van der Waals surface area (Å²) >= 11 is 0. The van der Waals surface area contributed by atoms with Crippen molar-refractivity contribution in [2.24, 2.45) is 0 Å². The minimum atomic E-state index is -0.514. The van der Waals surface area contributed by atoms with Crippen LogP contribution in [0.4, 0.5) is 4.79 Å². The number of hydrogen-bond donors (Lipinski definition) is 1. The standard InChI is InChI=1S/C28H27NO4/c1-28(2,3)33-27(30)29-21-15-19-13-14-22(17-20(19)16-21)31-26-23-11-7-8-12-24(23)32-25(26)18-9-5-4-6-10-18/h4-14,17,21H,15-16H2,1-3H3,(H,29,30). The molecule has 0 spiro atoms. The van der Waals surface area contributed by atoms with E-state index in [1.165, 1.54) is 11.1 Å². The van der Waals surface area contributed by atoms with Crippen LogP contribution in [0.15, 0.2) is 77.2 Å². The molecule has 0 radical (unpaired) electrons. The van der Waals surface area contributed by atoms with Gasteiger partial charge in [-0.25, -0.2) is 4.79 Å². The first kappa shape index (κ1) is 21.1. The van der Waals surface area contributed by atoms with Crippen LogP contribution >= 0.6 is 0 Å². The second-order valence-corrected chi connectivity index (χ2v) is 9.41. The second kappa shape index (κ2) is 8.32. The van der Waals surface area contributed by atoms with Gasteiger partial charge < -0.3 is 19.2 Å². The number of para-hydroxylation sites is 1. The third-order valence-electron chi connectivity index (χ3n) is 5.64. The fourth-order valence-electron chi connectivity index (χ4n) is 4.25. The van der Waals surface area contributed by atoms with Crippen LogP contribution in [-0.4, -0.2) is 17.7 Å². The molecule has 0 fully saturated rings. The molecular formula is C28H27NO4. The van der Waals surface area contributed by atoms with Crippen molar-refractivity contribution < 1.29 is 18.7 Å². The Labute approximate surface area is 193 Å². The Morgan fingerprint density at radius 2 is 1.67 bits per heavy atom. The van der Waals surface area contributed by atoms with Gasteiger partial charge in [-0.3, -0.25) is 0 Å². The second-order valence-electron chi connectivity index (χ2n) is 9.41. The number of carbonyl (C=O) groups excluding carboxylic acids is 1. The number of amides is 1. The zero-order valence-electron chi connectivity index (χ0n) is 19.1. The largest absolute Gasteiger partial charge is 0.453 e. The molecule has 0 aliphatic heterocycles. The summed E-state index contributed by atoms with van der Waals surface area (Å²) in [6.45, 7) is 5.59. The molecular weight excluding hydrogens is 414 g/mol. The Bertz CT molecular complexity index is 1300.